The van der Waals surface area contributed by atoms with Gasteiger partial charge in [-0.1, -0.05) is 23.7 Å². The highest BCUT2D eigenvalue weighted by atomic mass is 35.5. The Hall–Kier alpha value is -1.81. The van der Waals surface area contributed by atoms with Crippen molar-refractivity contribution >= 4 is 17.6 Å². The van der Waals surface area contributed by atoms with Crippen molar-refractivity contribution < 1.29 is 9.90 Å². The van der Waals surface area contributed by atoms with Gasteiger partial charge in [0.15, 0.2) is 0 Å². The number of carboxylic acid groups (broad SMARTS) is 1. The Labute approximate surface area is 115 Å². The molecule has 0 amide bonds. The van der Waals surface area contributed by atoms with Crippen molar-refractivity contribution in [3.05, 3.63) is 41.2 Å². The molecule has 0 bridgehead atoms. The van der Waals surface area contributed by atoms with Crippen LogP contribution in [-0.2, 0) is 11.3 Å². The molecule has 0 aliphatic carbocycles. The molecule has 98 valence electrons. The Kier molecular flexibility index (Phi) is 3.03. The molecule has 0 spiro atoms. The van der Waals surface area contributed by atoms with E-state index in [1.807, 2.05) is 28.8 Å². The van der Waals surface area contributed by atoms with Gasteiger partial charge in [0.2, 0.25) is 0 Å². The average molecular weight is 277 g/mol. The Morgan fingerprint density at radius 1 is 1.47 bits per heavy atom. The lowest BCUT2D eigenvalue weighted by Gasteiger charge is -2.22. The number of hydrogen-bond acceptors (Lipinski definition) is 2. The second-order valence-corrected chi connectivity index (χ2v) is 5.14. The summed E-state index contributed by atoms with van der Waals surface area (Å²) < 4.78 is 1.99. The van der Waals surface area contributed by atoms with E-state index in [0.717, 1.165) is 30.0 Å². The van der Waals surface area contributed by atoms with Crippen LogP contribution >= 0.6 is 11.6 Å². The molecule has 2 aromatic rings. The van der Waals surface area contributed by atoms with E-state index in [4.69, 9.17) is 11.6 Å². The second-order valence-electron chi connectivity index (χ2n) is 4.70. The molecule has 1 aromatic carbocycles. The highest BCUT2D eigenvalue weighted by molar-refractivity contribution is 6.30. The van der Waals surface area contributed by atoms with E-state index in [1.54, 1.807) is 6.20 Å². The third-order valence-electron chi connectivity index (χ3n) is 3.50. The SMILES string of the molecule is O=C(O)C1CCCn2c1cnc2-c1cccc(Cl)c1. The summed E-state index contributed by atoms with van der Waals surface area (Å²) >= 11 is 5.99. The number of nitrogens with zero attached hydrogens (tertiary/aromatic N) is 2. The lowest BCUT2D eigenvalue weighted by molar-refractivity contribution is -0.139. The predicted molar refractivity (Wildman–Crippen MR) is 72.3 cm³/mol. The van der Waals surface area contributed by atoms with Crippen LogP contribution in [0.4, 0.5) is 0 Å². The van der Waals surface area contributed by atoms with Crippen LogP contribution in [0.2, 0.25) is 5.02 Å². The third kappa shape index (κ3) is 2.12. The molecule has 0 fully saturated rings. The van der Waals surface area contributed by atoms with Gasteiger partial charge in [-0.3, -0.25) is 4.79 Å². The molecule has 1 aromatic heterocycles. The maximum Gasteiger partial charge on any atom is 0.312 e. The molecular weight excluding hydrogens is 264 g/mol. The number of rotatable bonds is 2. The number of benzene rings is 1. The van der Waals surface area contributed by atoms with Crippen LogP contribution in [0, 0.1) is 0 Å². The molecule has 1 N–H and O–H groups in total. The van der Waals surface area contributed by atoms with E-state index in [2.05, 4.69) is 4.98 Å². The van der Waals surface area contributed by atoms with E-state index < -0.39 is 11.9 Å². The number of hydrogen-bond donors (Lipinski definition) is 1. The van der Waals surface area contributed by atoms with Gasteiger partial charge in [0.05, 0.1) is 11.6 Å². The molecule has 1 aliphatic rings. The Balaban J connectivity index is 2.08. The molecule has 0 radical (unpaired) electrons. The number of aliphatic carboxylic acids is 1. The summed E-state index contributed by atoms with van der Waals surface area (Å²) in [6, 6.07) is 7.47. The van der Waals surface area contributed by atoms with Gasteiger partial charge < -0.3 is 9.67 Å². The van der Waals surface area contributed by atoms with Crippen LogP contribution in [0.3, 0.4) is 0 Å². The molecule has 2 heterocycles. The minimum Gasteiger partial charge on any atom is -0.481 e. The molecule has 5 heteroatoms. The molecular formula is C14H13ClN2O2. The zero-order chi connectivity index (χ0) is 13.4. The topological polar surface area (TPSA) is 55.1 Å². The van der Waals surface area contributed by atoms with E-state index in [9.17, 15) is 9.90 Å². The zero-order valence-corrected chi connectivity index (χ0v) is 11.0. The van der Waals surface area contributed by atoms with E-state index in [-0.39, 0.29) is 0 Å². The fourth-order valence-corrected chi connectivity index (χ4v) is 2.80. The molecule has 0 saturated carbocycles. The molecule has 3 rings (SSSR count). The van der Waals surface area contributed by atoms with Gasteiger partial charge in [0.1, 0.15) is 5.82 Å². The quantitative estimate of drug-likeness (QED) is 0.917. The van der Waals surface area contributed by atoms with Crippen LogP contribution in [0.25, 0.3) is 11.4 Å². The monoisotopic (exact) mass is 276 g/mol. The fraction of sp³-hybridized carbons (Fsp3) is 0.286. The number of aromatic nitrogens is 2. The first-order chi connectivity index (χ1) is 9.16. The molecule has 4 nitrogen and oxygen atoms in total. The van der Waals surface area contributed by atoms with Crippen molar-refractivity contribution in [2.45, 2.75) is 25.3 Å². The van der Waals surface area contributed by atoms with E-state index in [1.165, 1.54) is 0 Å². The average Bonchev–Trinajstić information content (AvgIpc) is 2.82. The highest BCUT2D eigenvalue weighted by Crippen LogP contribution is 2.32. The molecule has 0 saturated heterocycles. The summed E-state index contributed by atoms with van der Waals surface area (Å²) in [5.74, 6) is -0.434. The number of carboxylic acids is 1. The van der Waals surface area contributed by atoms with Crippen LogP contribution in [0.1, 0.15) is 24.5 Å². The van der Waals surface area contributed by atoms with Crippen molar-refractivity contribution in [1.82, 2.24) is 9.55 Å². The second kappa shape index (κ2) is 4.70. The van der Waals surface area contributed by atoms with Crippen LogP contribution in [0.5, 0.6) is 0 Å². The van der Waals surface area contributed by atoms with Crippen molar-refractivity contribution in [1.29, 1.82) is 0 Å². The first kappa shape index (κ1) is 12.2. The van der Waals surface area contributed by atoms with Gasteiger partial charge >= 0.3 is 5.97 Å². The molecule has 1 atom stereocenters. The van der Waals surface area contributed by atoms with Crippen molar-refractivity contribution in [3.63, 3.8) is 0 Å². The molecule has 19 heavy (non-hydrogen) atoms. The summed E-state index contributed by atoms with van der Waals surface area (Å²) in [5.41, 5.74) is 1.71. The summed E-state index contributed by atoms with van der Waals surface area (Å²) in [7, 11) is 0. The van der Waals surface area contributed by atoms with Gasteiger partial charge in [-0.25, -0.2) is 4.98 Å². The first-order valence-electron chi connectivity index (χ1n) is 6.21. The van der Waals surface area contributed by atoms with Crippen LogP contribution in [0.15, 0.2) is 30.5 Å². The summed E-state index contributed by atoms with van der Waals surface area (Å²) in [4.78, 5) is 15.6. The smallest absolute Gasteiger partial charge is 0.312 e. The molecule has 1 aliphatic heterocycles. The van der Waals surface area contributed by atoms with Crippen molar-refractivity contribution in [2.24, 2.45) is 0 Å². The highest BCUT2D eigenvalue weighted by Gasteiger charge is 2.28. The zero-order valence-electron chi connectivity index (χ0n) is 10.2. The number of halogens is 1. The summed E-state index contributed by atoms with van der Waals surface area (Å²) in [6.07, 6.45) is 3.21. The fourth-order valence-electron chi connectivity index (χ4n) is 2.61. The normalized spacial score (nSPS) is 18.1. The first-order valence-corrected chi connectivity index (χ1v) is 6.59. The lowest BCUT2D eigenvalue weighted by Crippen LogP contribution is -2.21. The number of imidazole rings is 1. The lowest BCUT2D eigenvalue weighted by atomic mass is 9.96. The Bertz CT molecular complexity index is 636. The van der Waals surface area contributed by atoms with Crippen LogP contribution in [-0.4, -0.2) is 20.6 Å². The predicted octanol–water partition coefficient (Wildman–Crippen LogP) is 3.17. The number of carbonyl (C=O) groups is 1. The van der Waals surface area contributed by atoms with Gasteiger partial charge in [-0.15, -0.1) is 0 Å². The van der Waals surface area contributed by atoms with Crippen molar-refractivity contribution in [3.8, 4) is 11.4 Å². The van der Waals surface area contributed by atoms with E-state index >= 15 is 0 Å². The minimum atomic E-state index is -0.779. The minimum absolute atomic E-state index is 0.450. The standard InChI is InChI=1S/C14H13ClN2O2/c15-10-4-1-3-9(7-10)13-16-8-12-11(14(18)19)5-2-6-17(12)13/h1,3-4,7-8,11H,2,5-6H2,(H,18,19). The summed E-state index contributed by atoms with van der Waals surface area (Å²) in [6.45, 7) is 0.807. The molecule has 1 unspecified atom stereocenters. The van der Waals surface area contributed by atoms with Gasteiger partial charge in [-0.05, 0) is 25.0 Å². The van der Waals surface area contributed by atoms with E-state index in [0.29, 0.717) is 11.4 Å². The van der Waals surface area contributed by atoms with Gasteiger partial charge in [-0.2, -0.15) is 0 Å². The maximum atomic E-state index is 11.3. The Morgan fingerprint density at radius 3 is 3.05 bits per heavy atom. The largest absolute Gasteiger partial charge is 0.481 e. The van der Waals surface area contributed by atoms with Gasteiger partial charge in [0, 0.05) is 23.3 Å². The van der Waals surface area contributed by atoms with Crippen LogP contribution < -0.4 is 0 Å². The number of fused-ring (bicyclic) bond motifs is 1. The maximum absolute atomic E-state index is 11.3. The Morgan fingerprint density at radius 2 is 2.32 bits per heavy atom. The van der Waals surface area contributed by atoms with Crippen molar-refractivity contribution in [2.75, 3.05) is 0 Å². The third-order valence-corrected chi connectivity index (χ3v) is 3.73. The van der Waals surface area contributed by atoms with Gasteiger partial charge in [0.25, 0.3) is 0 Å². The summed E-state index contributed by atoms with van der Waals surface area (Å²) in [5, 5.41) is 9.90.